The van der Waals surface area contributed by atoms with Gasteiger partial charge in [0.25, 0.3) is 0 Å². The van der Waals surface area contributed by atoms with Crippen LogP contribution in [0, 0.1) is 3.57 Å². The lowest BCUT2D eigenvalue weighted by Gasteiger charge is -2.03. The summed E-state index contributed by atoms with van der Waals surface area (Å²) in [6.07, 6.45) is 3.35. The average molecular weight is 348 g/mol. The van der Waals surface area contributed by atoms with Crippen LogP contribution in [0.15, 0.2) is 48.5 Å². The summed E-state index contributed by atoms with van der Waals surface area (Å²) in [5.41, 5.74) is 2.64. The minimum absolute atomic E-state index is 1.07. The Bertz CT molecular complexity index is 636. The molecule has 0 atom stereocenters. The monoisotopic (exact) mass is 348 g/mol. The molecular formula is C17H17I. The highest BCUT2D eigenvalue weighted by Crippen LogP contribution is 2.12. The van der Waals surface area contributed by atoms with Crippen molar-refractivity contribution in [3.63, 3.8) is 0 Å². The fraction of sp³-hybridized carbons (Fsp3) is 0.176. The Morgan fingerprint density at radius 3 is 2.39 bits per heavy atom. The highest BCUT2D eigenvalue weighted by atomic mass is 127. The van der Waals surface area contributed by atoms with E-state index in [0.717, 1.165) is 6.42 Å². The minimum atomic E-state index is 1.07. The first kappa shape index (κ1) is 13.3. The van der Waals surface area contributed by atoms with Crippen molar-refractivity contribution in [2.45, 2.75) is 20.3 Å². The smallest absolute Gasteiger partial charge is 0.0130 e. The van der Waals surface area contributed by atoms with Crippen LogP contribution in [0.25, 0.3) is 11.6 Å². The molecule has 0 nitrogen and oxygen atoms in total. The van der Waals surface area contributed by atoms with Crippen LogP contribution in [-0.4, -0.2) is 0 Å². The number of halogens is 1. The molecule has 0 aliphatic carbocycles. The van der Waals surface area contributed by atoms with Gasteiger partial charge in [0.15, 0.2) is 0 Å². The quantitative estimate of drug-likeness (QED) is 0.726. The molecule has 0 bridgehead atoms. The third-order valence-corrected chi connectivity index (χ3v) is 3.79. The Balaban J connectivity index is 2.68. The lowest BCUT2D eigenvalue weighted by atomic mass is 10.0. The van der Waals surface area contributed by atoms with Crippen molar-refractivity contribution < 1.29 is 0 Å². The molecule has 18 heavy (non-hydrogen) atoms. The van der Waals surface area contributed by atoms with Crippen molar-refractivity contribution in [3.05, 3.63) is 68.1 Å². The van der Waals surface area contributed by atoms with E-state index in [9.17, 15) is 0 Å². The zero-order valence-electron chi connectivity index (χ0n) is 10.8. The fourth-order valence-electron chi connectivity index (χ4n) is 2.09. The zero-order chi connectivity index (χ0) is 13.0. The van der Waals surface area contributed by atoms with E-state index in [4.69, 9.17) is 0 Å². The number of hydrogen-bond acceptors (Lipinski definition) is 0. The summed E-state index contributed by atoms with van der Waals surface area (Å²) in [7, 11) is 0. The Morgan fingerprint density at radius 2 is 1.72 bits per heavy atom. The van der Waals surface area contributed by atoms with Gasteiger partial charge in [0.1, 0.15) is 0 Å². The molecule has 0 saturated heterocycles. The maximum absolute atomic E-state index is 2.34. The summed E-state index contributed by atoms with van der Waals surface area (Å²) in [6.45, 7) is 4.38. The van der Waals surface area contributed by atoms with Crippen molar-refractivity contribution in [2.24, 2.45) is 0 Å². The molecule has 0 aliphatic rings. The maximum Gasteiger partial charge on any atom is 0.0130 e. The molecule has 1 heteroatoms. The van der Waals surface area contributed by atoms with Crippen LogP contribution in [-0.2, 0) is 0 Å². The molecule has 0 spiro atoms. The van der Waals surface area contributed by atoms with Gasteiger partial charge in [-0.1, -0.05) is 49.4 Å². The van der Waals surface area contributed by atoms with Crippen LogP contribution in [0.3, 0.4) is 0 Å². The predicted molar refractivity (Wildman–Crippen MR) is 87.8 cm³/mol. The molecule has 0 fully saturated rings. The molecule has 2 aromatic carbocycles. The molecule has 0 heterocycles. The second-order valence-electron chi connectivity index (χ2n) is 4.33. The zero-order valence-corrected chi connectivity index (χ0v) is 12.9. The van der Waals surface area contributed by atoms with Crippen LogP contribution < -0.4 is 10.4 Å². The molecule has 0 N–H and O–H groups in total. The fourth-order valence-corrected chi connectivity index (χ4v) is 2.45. The summed E-state index contributed by atoms with van der Waals surface area (Å²) < 4.78 is 1.28. The second-order valence-corrected chi connectivity index (χ2v) is 5.58. The predicted octanol–water partition coefficient (Wildman–Crippen LogP) is 3.70. The Kier molecular flexibility index (Phi) is 4.59. The van der Waals surface area contributed by atoms with Gasteiger partial charge in [0.05, 0.1) is 0 Å². The van der Waals surface area contributed by atoms with Gasteiger partial charge in [0.2, 0.25) is 0 Å². The van der Waals surface area contributed by atoms with Crippen LogP contribution in [0.2, 0.25) is 0 Å². The van der Waals surface area contributed by atoms with Gasteiger partial charge in [-0.25, -0.2) is 0 Å². The van der Waals surface area contributed by atoms with Gasteiger partial charge in [-0.2, -0.15) is 0 Å². The molecular weight excluding hydrogens is 331 g/mol. The normalized spacial score (nSPS) is 13.6. The Hall–Kier alpha value is -1.09. The first-order valence-electron chi connectivity index (χ1n) is 6.24. The second kappa shape index (κ2) is 6.19. The maximum atomic E-state index is 2.34. The Morgan fingerprint density at radius 1 is 1.06 bits per heavy atom. The summed E-state index contributed by atoms with van der Waals surface area (Å²) >= 11 is 2.34. The van der Waals surface area contributed by atoms with Crippen molar-refractivity contribution in [2.75, 3.05) is 0 Å². The van der Waals surface area contributed by atoms with Gasteiger partial charge >= 0.3 is 0 Å². The molecule has 0 radical (unpaired) electrons. The van der Waals surface area contributed by atoms with E-state index < -0.39 is 0 Å². The molecule has 0 amide bonds. The highest BCUT2D eigenvalue weighted by Gasteiger charge is 1.97. The van der Waals surface area contributed by atoms with E-state index in [0.29, 0.717) is 0 Å². The van der Waals surface area contributed by atoms with Gasteiger partial charge in [0, 0.05) is 3.57 Å². The number of benzene rings is 2. The Labute approximate surface area is 122 Å². The van der Waals surface area contributed by atoms with E-state index in [1.807, 2.05) is 0 Å². The van der Waals surface area contributed by atoms with E-state index >= 15 is 0 Å². The standard InChI is InChI=1S/C17H17I/c1-3-6-15-7-4-5-8-17(15)13(2)14-9-11-16(18)12-10-14/h4-12H,3H2,1-2H3/b15-6-,17-13+. The van der Waals surface area contributed by atoms with Gasteiger partial charge < -0.3 is 0 Å². The van der Waals surface area contributed by atoms with E-state index in [-0.39, 0.29) is 0 Å². The minimum Gasteiger partial charge on any atom is -0.0769 e. The van der Waals surface area contributed by atoms with Crippen molar-refractivity contribution >= 4 is 34.2 Å². The summed E-state index contributed by atoms with van der Waals surface area (Å²) in [5, 5.41) is 2.66. The molecule has 0 unspecified atom stereocenters. The number of hydrogen-bond donors (Lipinski definition) is 0. The third kappa shape index (κ3) is 3.02. The molecule has 92 valence electrons. The lowest BCUT2D eigenvalue weighted by Crippen LogP contribution is -2.26. The molecule has 2 aromatic rings. The molecule has 2 rings (SSSR count). The summed E-state index contributed by atoms with van der Waals surface area (Å²) in [4.78, 5) is 0. The van der Waals surface area contributed by atoms with Crippen LogP contribution in [0.1, 0.15) is 25.8 Å². The van der Waals surface area contributed by atoms with Crippen LogP contribution in [0.5, 0.6) is 0 Å². The van der Waals surface area contributed by atoms with E-state index in [2.05, 4.69) is 91.0 Å². The average Bonchev–Trinajstić information content (AvgIpc) is 2.40. The summed E-state index contributed by atoms with van der Waals surface area (Å²) in [5.74, 6) is 0. The number of rotatable bonds is 2. The molecule has 0 saturated carbocycles. The van der Waals surface area contributed by atoms with Crippen LogP contribution in [0.4, 0.5) is 0 Å². The largest absolute Gasteiger partial charge is 0.0769 e. The van der Waals surface area contributed by atoms with Crippen molar-refractivity contribution in [3.8, 4) is 0 Å². The topological polar surface area (TPSA) is 0 Å². The lowest BCUT2D eigenvalue weighted by molar-refractivity contribution is 1.28. The first-order valence-corrected chi connectivity index (χ1v) is 7.32. The molecule has 0 aliphatic heterocycles. The van der Waals surface area contributed by atoms with Crippen molar-refractivity contribution in [1.82, 2.24) is 0 Å². The third-order valence-electron chi connectivity index (χ3n) is 3.07. The van der Waals surface area contributed by atoms with Gasteiger partial charge in [-0.3, -0.25) is 0 Å². The molecule has 0 aromatic heterocycles. The van der Waals surface area contributed by atoms with Crippen molar-refractivity contribution in [1.29, 1.82) is 0 Å². The first-order chi connectivity index (χ1) is 8.72. The van der Waals surface area contributed by atoms with E-state index in [1.165, 1.54) is 25.1 Å². The van der Waals surface area contributed by atoms with Gasteiger partial charge in [-0.15, -0.1) is 0 Å². The highest BCUT2D eigenvalue weighted by molar-refractivity contribution is 14.1. The van der Waals surface area contributed by atoms with Gasteiger partial charge in [-0.05, 0) is 69.6 Å². The van der Waals surface area contributed by atoms with Crippen LogP contribution >= 0.6 is 22.6 Å². The summed E-state index contributed by atoms with van der Waals surface area (Å²) in [6, 6.07) is 17.3. The van der Waals surface area contributed by atoms with E-state index in [1.54, 1.807) is 0 Å². The SMILES string of the molecule is CC/C=c1/cccc/c1=C(/C)c1ccc(I)cc1.